The summed E-state index contributed by atoms with van der Waals surface area (Å²) in [5, 5.41) is 0. The van der Waals surface area contributed by atoms with Gasteiger partial charge < -0.3 is 18.9 Å². The van der Waals surface area contributed by atoms with Crippen molar-refractivity contribution in [3.63, 3.8) is 0 Å². The van der Waals surface area contributed by atoms with E-state index in [2.05, 4.69) is 13.8 Å². The number of carbonyl (C=O) groups is 1. The van der Waals surface area contributed by atoms with E-state index in [1.54, 1.807) is 0 Å². The van der Waals surface area contributed by atoms with E-state index in [0.29, 0.717) is 24.1 Å². The lowest BCUT2D eigenvalue weighted by atomic mass is 10.0. The van der Waals surface area contributed by atoms with Crippen LogP contribution in [0.3, 0.4) is 0 Å². The minimum Gasteiger partial charge on any atom is -0.457 e. The highest BCUT2D eigenvalue weighted by atomic mass is 31.2. The largest absolute Gasteiger partial charge is 0.472 e. The lowest BCUT2D eigenvalue weighted by Gasteiger charge is -2.24. The molecule has 8 nitrogen and oxygen atoms in total. The Balaban J connectivity index is 4.15. The number of likely N-dealkylation sites (N-methyl/N-ethyl adjacent to an activating group) is 1. The van der Waals surface area contributed by atoms with Gasteiger partial charge in [0.25, 0.3) is 0 Å². The second-order valence-corrected chi connectivity index (χ2v) is 18.6. The Morgan fingerprint density at radius 2 is 0.852 bits per heavy atom. The molecule has 324 valence electrons. The third kappa shape index (κ3) is 42.6. The molecule has 0 aliphatic rings. The summed E-state index contributed by atoms with van der Waals surface area (Å²) < 4.78 is 35.1. The molecule has 0 fully saturated rings. The van der Waals surface area contributed by atoms with Gasteiger partial charge in [0.2, 0.25) is 0 Å². The second kappa shape index (κ2) is 39.3. The Labute approximate surface area is 336 Å². The Bertz CT molecular complexity index is 837. The molecular weight excluding hydrogens is 697 g/mol. The molecule has 1 unspecified atom stereocenters. The third-order valence-corrected chi connectivity index (χ3v) is 11.4. The van der Waals surface area contributed by atoms with E-state index in [1.165, 1.54) is 173 Å². The van der Waals surface area contributed by atoms with Crippen LogP contribution in [0.25, 0.3) is 0 Å². The van der Waals surface area contributed by atoms with Gasteiger partial charge in [0.1, 0.15) is 19.3 Å². The van der Waals surface area contributed by atoms with Crippen LogP contribution < -0.4 is 0 Å². The van der Waals surface area contributed by atoms with Gasteiger partial charge in [0.05, 0.1) is 34.4 Å². The molecular formula is C45H93NO7P+. The van der Waals surface area contributed by atoms with Crippen LogP contribution in [0, 0.1) is 0 Å². The molecule has 0 aromatic heterocycles. The monoisotopic (exact) mass is 791 g/mol. The minimum atomic E-state index is -4.27. The molecule has 0 heterocycles. The van der Waals surface area contributed by atoms with Gasteiger partial charge in [-0.2, -0.15) is 0 Å². The Kier molecular flexibility index (Phi) is 39.0. The fourth-order valence-corrected chi connectivity index (χ4v) is 7.53. The summed E-state index contributed by atoms with van der Waals surface area (Å²) in [5.41, 5.74) is 0. The smallest absolute Gasteiger partial charge is 0.457 e. The molecule has 0 amide bonds. The quantitative estimate of drug-likeness (QED) is 0.0284. The van der Waals surface area contributed by atoms with E-state index < -0.39 is 13.9 Å². The fraction of sp³-hybridized carbons (Fsp3) is 0.978. The number of rotatable bonds is 44. The number of quaternary nitrogens is 1. The van der Waals surface area contributed by atoms with E-state index in [1.807, 2.05) is 21.1 Å². The van der Waals surface area contributed by atoms with E-state index in [-0.39, 0.29) is 25.8 Å². The van der Waals surface area contributed by atoms with E-state index in [9.17, 15) is 14.3 Å². The van der Waals surface area contributed by atoms with Crippen molar-refractivity contribution >= 4 is 13.8 Å². The predicted octanol–water partition coefficient (Wildman–Crippen LogP) is 13.7. The first-order valence-electron chi connectivity index (χ1n) is 23.3. The van der Waals surface area contributed by atoms with Crippen LogP contribution in [0.2, 0.25) is 0 Å². The van der Waals surface area contributed by atoms with Crippen molar-refractivity contribution in [1.82, 2.24) is 0 Å². The van der Waals surface area contributed by atoms with E-state index >= 15 is 0 Å². The molecule has 1 N–H and O–H groups in total. The first-order valence-corrected chi connectivity index (χ1v) is 24.8. The summed E-state index contributed by atoms with van der Waals surface area (Å²) in [6, 6.07) is 0. The van der Waals surface area contributed by atoms with Crippen molar-refractivity contribution < 1.29 is 37.3 Å². The zero-order chi connectivity index (χ0) is 39.9. The summed E-state index contributed by atoms with van der Waals surface area (Å²) in [4.78, 5) is 22.9. The maximum absolute atomic E-state index is 12.7. The van der Waals surface area contributed by atoms with Gasteiger partial charge in [-0.25, -0.2) is 4.57 Å². The molecule has 9 heteroatoms. The lowest BCUT2D eigenvalue weighted by Crippen LogP contribution is -2.37. The van der Waals surface area contributed by atoms with Crippen LogP contribution in [-0.4, -0.2) is 75.6 Å². The van der Waals surface area contributed by atoms with Crippen LogP contribution in [0.5, 0.6) is 0 Å². The van der Waals surface area contributed by atoms with Gasteiger partial charge >= 0.3 is 13.8 Å². The zero-order valence-corrected chi connectivity index (χ0v) is 37.6. The van der Waals surface area contributed by atoms with E-state index in [0.717, 1.165) is 32.1 Å². The molecule has 0 aromatic rings. The molecule has 0 bridgehead atoms. The van der Waals surface area contributed by atoms with Crippen molar-refractivity contribution in [3.05, 3.63) is 0 Å². The predicted molar refractivity (Wildman–Crippen MR) is 229 cm³/mol. The molecule has 0 saturated carbocycles. The van der Waals surface area contributed by atoms with Crippen molar-refractivity contribution in [2.75, 3.05) is 54.1 Å². The first kappa shape index (κ1) is 53.5. The van der Waals surface area contributed by atoms with Gasteiger partial charge in [-0.05, 0) is 12.8 Å². The lowest BCUT2D eigenvalue weighted by molar-refractivity contribution is -0.870. The number of carbonyl (C=O) groups excluding carboxylic acids is 1. The number of unbranched alkanes of at least 4 members (excludes halogenated alkanes) is 30. The number of phosphoric ester groups is 1. The van der Waals surface area contributed by atoms with Crippen molar-refractivity contribution in [1.29, 1.82) is 0 Å². The standard InChI is InChI=1S/C45H92NO7P/c1-6-8-10-12-14-16-18-20-22-23-24-26-28-30-32-34-36-38-45(47)53-44(43-52-54(48,49)51-41-39-46(3,4)5)42-50-40-37-35-33-31-29-27-25-21-19-17-15-13-11-9-7-2/h44H,6-43H2,1-5H3/p+1/t44-/m1/s1. The highest BCUT2D eigenvalue weighted by Gasteiger charge is 2.26. The molecule has 0 aliphatic carbocycles. The van der Waals surface area contributed by atoms with Crippen LogP contribution in [0.4, 0.5) is 0 Å². The van der Waals surface area contributed by atoms with E-state index in [4.69, 9.17) is 18.5 Å². The Hall–Kier alpha value is -0.500. The molecule has 2 atom stereocenters. The van der Waals surface area contributed by atoms with Gasteiger partial charge in [-0.3, -0.25) is 13.8 Å². The van der Waals surface area contributed by atoms with Crippen molar-refractivity contribution in [3.8, 4) is 0 Å². The molecule has 0 rings (SSSR count). The highest BCUT2D eigenvalue weighted by molar-refractivity contribution is 7.47. The molecule has 0 saturated heterocycles. The van der Waals surface area contributed by atoms with Crippen LogP contribution in [0.1, 0.15) is 226 Å². The zero-order valence-electron chi connectivity index (χ0n) is 36.7. The normalized spacial score (nSPS) is 13.7. The summed E-state index contributed by atoms with van der Waals surface area (Å²) in [7, 11) is 1.69. The molecule has 0 radical (unpaired) electrons. The maximum Gasteiger partial charge on any atom is 0.472 e. The average Bonchev–Trinajstić information content (AvgIpc) is 3.12. The summed E-state index contributed by atoms with van der Waals surface area (Å²) in [6.07, 6.45) is 41.3. The van der Waals surface area contributed by atoms with Crippen molar-refractivity contribution in [2.45, 2.75) is 232 Å². The van der Waals surface area contributed by atoms with Crippen molar-refractivity contribution in [2.24, 2.45) is 0 Å². The maximum atomic E-state index is 12.7. The van der Waals surface area contributed by atoms with Gasteiger partial charge in [-0.15, -0.1) is 0 Å². The number of nitrogens with zero attached hydrogens (tertiary/aromatic N) is 1. The second-order valence-electron chi connectivity index (χ2n) is 17.2. The molecule has 0 aromatic carbocycles. The molecule has 0 spiro atoms. The van der Waals surface area contributed by atoms with Crippen LogP contribution in [-0.2, 0) is 27.9 Å². The summed E-state index contributed by atoms with van der Waals surface area (Å²) >= 11 is 0. The number of phosphoric acid groups is 1. The van der Waals surface area contributed by atoms with Crippen LogP contribution in [0.15, 0.2) is 0 Å². The first-order chi connectivity index (χ1) is 26.1. The number of hydrogen-bond acceptors (Lipinski definition) is 6. The molecule has 0 aliphatic heterocycles. The SMILES string of the molecule is CCCCCCCCCCCCCCCCCCCC(=O)O[C@H](COCCCCCCCCCCCCCCCCC)COP(=O)(O)OCC[N+](C)(C)C. The fourth-order valence-electron chi connectivity index (χ4n) is 6.79. The van der Waals surface area contributed by atoms with Gasteiger partial charge in [0.15, 0.2) is 0 Å². The highest BCUT2D eigenvalue weighted by Crippen LogP contribution is 2.43. The number of hydrogen-bond donors (Lipinski definition) is 1. The summed E-state index contributed by atoms with van der Waals surface area (Å²) in [6.45, 7) is 5.69. The Morgan fingerprint density at radius 1 is 0.500 bits per heavy atom. The molecule has 54 heavy (non-hydrogen) atoms. The number of esters is 1. The topological polar surface area (TPSA) is 91.3 Å². The summed E-state index contributed by atoms with van der Waals surface area (Å²) in [5.74, 6) is -0.307. The minimum absolute atomic E-state index is 0.0940. The third-order valence-electron chi connectivity index (χ3n) is 10.4. The van der Waals surface area contributed by atoms with Gasteiger partial charge in [0, 0.05) is 13.0 Å². The van der Waals surface area contributed by atoms with Crippen LogP contribution >= 0.6 is 7.82 Å². The Morgan fingerprint density at radius 3 is 1.22 bits per heavy atom. The average molecular weight is 791 g/mol. The van der Waals surface area contributed by atoms with Gasteiger partial charge in [-0.1, -0.05) is 206 Å². The number of ether oxygens (including phenoxy) is 2.